The van der Waals surface area contributed by atoms with E-state index in [1.54, 1.807) is 6.33 Å². The fourth-order valence-corrected chi connectivity index (χ4v) is 6.59. The van der Waals surface area contributed by atoms with Crippen molar-refractivity contribution in [2.75, 3.05) is 5.32 Å². The van der Waals surface area contributed by atoms with Gasteiger partial charge in [0.2, 0.25) is 11.2 Å². The molecular formula is C20H22Cl2N4O. The monoisotopic (exact) mass is 404 g/mol. The molecule has 4 fully saturated rings. The molecule has 27 heavy (non-hydrogen) atoms. The van der Waals surface area contributed by atoms with E-state index in [9.17, 15) is 4.79 Å². The van der Waals surface area contributed by atoms with Crippen molar-refractivity contribution in [2.45, 2.75) is 51.0 Å². The van der Waals surface area contributed by atoms with Gasteiger partial charge in [0, 0.05) is 10.7 Å². The average Bonchev–Trinajstić information content (AvgIpc) is 3.03. The van der Waals surface area contributed by atoms with Gasteiger partial charge in [-0.3, -0.25) is 4.79 Å². The molecule has 4 saturated carbocycles. The van der Waals surface area contributed by atoms with Crippen LogP contribution in [0, 0.1) is 24.2 Å². The molecule has 4 aliphatic rings. The van der Waals surface area contributed by atoms with Crippen LogP contribution in [-0.4, -0.2) is 20.7 Å². The molecular weight excluding hydrogens is 383 g/mol. The summed E-state index contributed by atoms with van der Waals surface area (Å²) in [5.74, 6) is 1.26. The zero-order valence-corrected chi connectivity index (χ0v) is 16.7. The Labute approximate surface area is 168 Å². The molecule has 0 spiro atoms. The number of benzene rings is 1. The maximum atomic E-state index is 13.5. The van der Waals surface area contributed by atoms with E-state index in [2.05, 4.69) is 15.4 Å². The van der Waals surface area contributed by atoms with Crippen molar-refractivity contribution in [3.8, 4) is 0 Å². The van der Waals surface area contributed by atoms with Gasteiger partial charge < -0.3 is 5.32 Å². The lowest BCUT2D eigenvalue weighted by Crippen LogP contribution is -2.60. The molecule has 4 aliphatic carbocycles. The molecule has 7 heteroatoms. The second-order valence-electron chi connectivity index (χ2n) is 8.84. The summed E-state index contributed by atoms with van der Waals surface area (Å²) in [6.45, 7) is 1.97. The summed E-state index contributed by atoms with van der Waals surface area (Å²) in [5.41, 5.74) is 1.36. The first kappa shape index (κ1) is 17.5. The van der Waals surface area contributed by atoms with E-state index in [0.29, 0.717) is 16.9 Å². The van der Waals surface area contributed by atoms with Gasteiger partial charge in [-0.05, 0) is 92.6 Å². The van der Waals surface area contributed by atoms with E-state index in [1.165, 1.54) is 6.42 Å². The van der Waals surface area contributed by atoms with E-state index >= 15 is 0 Å². The summed E-state index contributed by atoms with van der Waals surface area (Å²) in [7, 11) is 0. The van der Waals surface area contributed by atoms with Gasteiger partial charge in [0.15, 0.2) is 0 Å². The molecule has 0 unspecified atom stereocenters. The maximum absolute atomic E-state index is 13.5. The number of aromatic nitrogens is 3. The molecule has 1 aromatic carbocycles. The second-order valence-corrected chi connectivity index (χ2v) is 9.61. The second kappa shape index (κ2) is 5.95. The summed E-state index contributed by atoms with van der Waals surface area (Å²) < 4.78 is 1.95. The standard InChI is InChI=1S/C20H22Cl2N4O/c1-12-4-15(21)2-3-16(12)24-17(27)19-6-13-5-14(7-19)9-20(8-13,10-19)26-11-23-18(22)25-26/h2-4,11,13-14H,5-10H2,1H3,(H,24,27)/t13-,14-,19?,20?/m1/s1. The van der Waals surface area contributed by atoms with Crippen LogP contribution in [0.2, 0.25) is 10.3 Å². The summed E-state index contributed by atoms with van der Waals surface area (Å²) in [6, 6.07) is 5.60. The molecule has 1 amide bonds. The minimum atomic E-state index is -0.339. The Morgan fingerprint density at radius 1 is 1.22 bits per heavy atom. The zero-order valence-electron chi connectivity index (χ0n) is 15.2. The highest BCUT2D eigenvalue weighted by Gasteiger charge is 2.61. The first-order valence-corrected chi connectivity index (χ1v) is 10.3. The lowest BCUT2D eigenvalue weighted by atomic mass is 9.46. The first-order chi connectivity index (χ1) is 12.9. The van der Waals surface area contributed by atoms with Gasteiger partial charge in [0.25, 0.3) is 0 Å². The maximum Gasteiger partial charge on any atom is 0.242 e. The van der Waals surface area contributed by atoms with Crippen LogP contribution in [-0.2, 0) is 10.3 Å². The third-order valence-corrected chi connectivity index (χ3v) is 7.31. The Bertz CT molecular complexity index is 910. The summed E-state index contributed by atoms with van der Waals surface area (Å²) in [4.78, 5) is 17.6. The quantitative estimate of drug-likeness (QED) is 0.796. The van der Waals surface area contributed by atoms with Gasteiger partial charge in [-0.25, -0.2) is 9.67 Å². The number of hydrogen-bond donors (Lipinski definition) is 1. The molecule has 2 atom stereocenters. The van der Waals surface area contributed by atoms with Crippen LogP contribution in [0.25, 0.3) is 0 Å². The van der Waals surface area contributed by atoms with Gasteiger partial charge in [0.05, 0.1) is 11.0 Å². The zero-order chi connectivity index (χ0) is 18.8. The number of carbonyl (C=O) groups excluding carboxylic acids is 1. The molecule has 142 valence electrons. The van der Waals surface area contributed by atoms with Crippen molar-refractivity contribution in [1.29, 1.82) is 0 Å². The van der Waals surface area contributed by atoms with Crippen LogP contribution in [0.15, 0.2) is 24.5 Å². The number of anilines is 1. The van der Waals surface area contributed by atoms with Crippen molar-refractivity contribution in [2.24, 2.45) is 17.3 Å². The molecule has 1 N–H and O–H groups in total. The average molecular weight is 405 g/mol. The molecule has 6 rings (SSSR count). The van der Waals surface area contributed by atoms with Crippen LogP contribution < -0.4 is 5.32 Å². The van der Waals surface area contributed by atoms with Crippen LogP contribution >= 0.6 is 23.2 Å². The third-order valence-electron chi connectivity index (χ3n) is 6.90. The van der Waals surface area contributed by atoms with Gasteiger partial charge in [-0.2, -0.15) is 0 Å². The van der Waals surface area contributed by atoms with Crippen molar-refractivity contribution < 1.29 is 4.79 Å². The number of nitrogens with zero attached hydrogens (tertiary/aromatic N) is 3. The number of carbonyl (C=O) groups is 1. The topological polar surface area (TPSA) is 59.8 Å². The number of hydrogen-bond acceptors (Lipinski definition) is 3. The summed E-state index contributed by atoms with van der Waals surface area (Å²) >= 11 is 12.1. The number of nitrogens with one attached hydrogen (secondary N) is 1. The Morgan fingerprint density at radius 2 is 1.96 bits per heavy atom. The molecule has 2 aromatic rings. The van der Waals surface area contributed by atoms with Gasteiger partial charge in [-0.15, -0.1) is 5.10 Å². The van der Waals surface area contributed by atoms with Crippen LogP contribution in [0.4, 0.5) is 5.69 Å². The molecule has 0 aliphatic heterocycles. The molecule has 0 saturated heterocycles. The smallest absolute Gasteiger partial charge is 0.242 e. The van der Waals surface area contributed by atoms with Crippen molar-refractivity contribution >= 4 is 34.8 Å². The van der Waals surface area contributed by atoms with E-state index < -0.39 is 0 Å². The van der Waals surface area contributed by atoms with E-state index in [-0.39, 0.29) is 22.1 Å². The number of amides is 1. The molecule has 5 nitrogen and oxygen atoms in total. The van der Waals surface area contributed by atoms with Crippen molar-refractivity contribution in [3.05, 3.63) is 40.4 Å². The van der Waals surface area contributed by atoms with E-state index in [4.69, 9.17) is 23.2 Å². The molecule has 1 heterocycles. The van der Waals surface area contributed by atoms with E-state index in [0.717, 1.165) is 43.4 Å². The lowest BCUT2D eigenvalue weighted by molar-refractivity contribution is -0.150. The van der Waals surface area contributed by atoms with Crippen molar-refractivity contribution in [1.82, 2.24) is 14.8 Å². The minimum absolute atomic E-state index is 0.128. The largest absolute Gasteiger partial charge is 0.325 e. The number of halogens is 2. The lowest BCUT2D eigenvalue weighted by Gasteiger charge is -2.60. The number of rotatable bonds is 3. The number of aryl methyl sites for hydroxylation is 1. The first-order valence-electron chi connectivity index (χ1n) is 9.53. The Morgan fingerprint density at radius 3 is 2.59 bits per heavy atom. The predicted molar refractivity (Wildman–Crippen MR) is 105 cm³/mol. The molecule has 4 bridgehead atoms. The van der Waals surface area contributed by atoms with Crippen molar-refractivity contribution in [3.63, 3.8) is 0 Å². The van der Waals surface area contributed by atoms with Gasteiger partial charge >= 0.3 is 0 Å². The van der Waals surface area contributed by atoms with Crippen LogP contribution in [0.3, 0.4) is 0 Å². The summed E-state index contributed by atoms with van der Waals surface area (Å²) in [6.07, 6.45) is 7.84. The van der Waals surface area contributed by atoms with Gasteiger partial charge in [0.1, 0.15) is 6.33 Å². The minimum Gasteiger partial charge on any atom is -0.325 e. The Hall–Kier alpha value is -1.59. The SMILES string of the molecule is Cc1cc(Cl)ccc1NC(=O)C12C[C@H]3C[C@H](C1)CC(n1cnc(Cl)n1)(C3)C2. The fraction of sp³-hybridized carbons (Fsp3) is 0.550. The van der Waals surface area contributed by atoms with Crippen LogP contribution in [0.5, 0.6) is 0 Å². The normalized spacial score (nSPS) is 34.0. The highest BCUT2D eigenvalue weighted by molar-refractivity contribution is 6.30. The molecule has 0 radical (unpaired) electrons. The van der Waals surface area contributed by atoms with Gasteiger partial charge in [-0.1, -0.05) is 11.6 Å². The summed E-state index contributed by atoms with van der Waals surface area (Å²) in [5, 5.41) is 8.58. The Balaban J connectivity index is 1.47. The Kier molecular flexibility index (Phi) is 3.86. The fourth-order valence-electron chi connectivity index (χ4n) is 6.24. The van der Waals surface area contributed by atoms with Crippen LogP contribution in [0.1, 0.15) is 44.1 Å². The molecule has 1 aromatic heterocycles. The highest BCUT2D eigenvalue weighted by atomic mass is 35.5. The van der Waals surface area contributed by atoms with E-state index in [1.807, 2.05) is 29.8 Å². The highest BCUT2D eigenvalue weighted by Crippen LogP contribution is 2.64. The third kappa shape index (κ3) is 2.78. The predicted octanol–water partition coefficient (Wildman–Crippen LogP) is 4.83.